The van der Waals surface area contributed by atoms with E-state index in [9.17, 15) is 9.18 Å². The molecule has 0 unspecified atom stereocenters. The van der Waals surface area contributed by atoms with Gasteiger partial charge in [-0.3, -0.25) is 4.79 Å². The van der Waals surface area contributed by atoms with Gasteiger partial charge in [-0.1, -0.05) is 18.2 Å². The number of carbonyl (C=O) groups is 1. The third-order valence-electron chi connectivity index (χ3n) is 5.45. The molecule has 0 atom stereocenters. The van der Waals surface area contributed by atoms with Crippen LogP contribution in [0.15, 0.2) is 54.0 Å². The van der Waals surface area contributed by atoms with Crippen LogP contribution in [-0.4, -0.2) is 57.7 Å². The molecule has 3 heterocycles. The van der Waals surface area contributed by atoms with E-state index in [0.717, 1.165) is 21.5 Å². The van der Waals surface area contributed by atoms with Crippen LogP contribution in [0.3, 0.4) is 0 Å². The summed E-state index contributed by atoms with van der Waals surface area (Å²) in [6.07, 6.45) is 1.73. The average molecular weight is 466 g/mol. The van der Waals surface area contributed by atoms with Crippen molar-refractivity contribution in [1.82, 2.24) is 24.6 Å². The zero-order valence-electron chi connectivity index (χ0n) is 19.3. The fraction of sp³-hybridized carbons (Fsp3) is 0.320. The lowest BCUT2D eigenvalue weighted by molar-refractivity contribution is 0.0734. The third-order valence-corrected chi connectivity index (χ3v) is 6.34. The number of hydrogen-bond donors (Lipinski definition) is 0. The van der Waals surface area contributed by atoms with Gasteiger partial charge in [0.15, 0.2) is 5.65 Å². The van der Waals surface area contributed by atoms with E-state index in [1.54, 1.807) is 29.7 Å². The van der Waals surface area contributed by atoms with Crippen LogP contribution in [0, 0.1) is 5.82 Å². The van der Waals surface area contributed by atoms with Crippen LogP contribution in [0.4, 0.5) is 4.39 Å². The predicted molar refractivity (Wildman–Crippen MR) is 131 cm³/mol. The van der Waals surface area contributed by atoms with Gasteiger partial charge in [-0.15, -0.1) is 11.3 Å². The van der Waals surface area contributed by atoms with E-state index in [1.807, 2.05) is 66.0 Å². The first-order valence-corrected chi connectivity index (χ1v) is 11.8. The highest BCUT2D eigenvalue weighted by Gasteiger charge is 2.23. The maximum absolute atomic E-state index is 13.9. The largest absolute Gasteiger partial charge is 0.333 e. The van der Waals surface area contributed by atoms with Crippen molar-refractivity contribution in [1.29, 1.82) is 0 Å². The van der Waals surface area contributed by atoms with E-state index in [2.05, 4.69) is 5.10 Å². The maximum Gasteiger partial charge on any atom is 0.255 e. The average Bonchev–Trinajstić information content (AvgIpc) is 3.46. The summed E-state index contributed by atoms with van der Waals surface area (Å²) >= 11 is 1.59. The minimum atomic E-state index is -0.289. The molecule has 0 spiro atoms. The number of likely N-dealkylation sites (N-methyl/N-ethyl adjacent to an activating group) is 1. The van der Waals surface area contributed by atoms with Gasteiger partial charge in [0.2, 0.25) is 0 Å². The summed E-state index contributed by atoms with van der Waals surface area (Å²) < 4.78 is 15.3. The molecule has 0 saturated heterocycles. The molecule has 172 valence electrons. The lowest BCUT2D eigenvalue weighted by atomic mass is 10.1. The second-order valence-corrected chi connectivity index (χ2v) is 9.56. The van der Waals surface area contributed by atoms with Crippen molar-refractivity contribution in [3.8, 4) is 10.6 Å². The van der Waals surface area contributed by atoms with Crippen molar-refractivity contribution in [2.24, 2.45) is 0 Å². The van der Waals surface area contributed by atoms with Crippen LogP contribution >= 0.6 is 11.3 Å². The Labute approximate surface area is 197 Å². The fourth-order valence-electron chi connectivity index (χ4n) is 3.68. The molecule has 0 radical (unpaired) electrons. The molecule has 0 saturated carbocycles. The Balaban J connectivity index is 1.79. The molecule has 0 N–H and O–H groups in total. The van der Waals surface area contributed by atoms with E-state index >= 15 is 0 Å². The van der Waals surface area contributed by atoms with Crippen LogP contribution in [0.1, 0.15) is 35.8 Å². The number of benzene rings is 1. The quantitative estimate of drug-likeness (QED) is 0.364. The zero-order valence-corrected chi connectivity index (χ0v) is 20.1. The molecule has 1 amide bonds. The number of pyridine rings is 1. The van der Waals surface area contributed by atoms with E-state index in [4.69, 9.17) is 4.98 Å². The van der Waals surface area contributed by atoms with Gasteiger partial charge in [0.25, 0.3) is 5.91 Å². The van der Waals surface area contributed by atoms with Crippen LogP contribution < -0.4 is 0 Å². The van der Waals surface area contributed by atoms with E-state index in [1.165, 1.54) is 12.1 Å². The summed E-state index contributed by atoms with van der Waals surface area (Å²) in [6.45, 7) is 5.74. The Bertz CT molecular complexity index is 1230. The molecule has 0 aliphatic carbocycles. The smallest absolute Gasteiger partial charge is 0.255 e. The highest BCUT2D eigenvalue weighted by Crippen LogP contribution is 2.30. The number of thiophene rings is 1. The monoisotopic (exact) mass is 465 g/mol. The number of hydrogen-bond acceptors (Lipinski definition) is 5. The first-order chi connectivity index (χ1) is 15.8. The van der Waals surface area contributed by atoms with Crippen LogP contribution in [0.2, 0.25) is 0 Å². The standard InChI is InChI=1S/C25H28FN5OS/c1-17(2)31-24-21(15-27-31)20(14-22(28-24)23-6-5-13-33-23)25(32)30(12-11-29(3)4)16-18-7-9-19(26)10-8-18/h5-10,13-15,17H,11-12,16H2,1-4H3. The van der Waals surface area contributed by atoms with Crippen molar-refractivity contribution >= 4 is 28.3 Å². The van der Waals surface area contributed by atoms with Gasteiger partial charge in [-0.25, -0.2) is 14.1 Å². The first kappa shape index (κ1) is 23.1. The summed E-state index contributed by atoms with van der Waals surface area (Å²) in [5, 5.41) is 7.26. The van der Waals surface area contributed by atoms with Gasteiger partial charge in [0, 0.05) is 25.7 Å². The Morgan fingerprint density at radius 1 is 1.15 bits per heavy atom. The fourth-order valence-corrected chi connectivity index (χ4v) is 4.36. The van der Waals surface area contributed by atoms with Crippen LogP contribution in [-0.2, 0) is 6.54 Å². The van der Waals surface area contributed by atoms with Gasteiger partial charge in [-0.05, 0) is 63.2 Å². The molecule has 0 bridgehead atoms. The number of rotatable bonds is 8. The molecule has 0 aliphatic rings. The zero-order chi connectivity index (χ0) is 23.5. The summed E-state index contributed by atoms with van der Waals surface area (Å²) in [5.74, 6) is -0.378. The van der Waals surface area contributed by atoms with E-state index < -0.39 is 0 Å². The molecular weight excluding hydrogens is 437 g/mol. The van der Waals surface area contributed by atoms with E-state index in [-0.39, 0.29) is 17.8 Å². The first-order valence-electron chi connectivity index (χ1n) is 10.9. The van der Waals surface area contributed by atoms with Crippen molar-refractivity contribution in [2.45, 2.75) is 26.4 Å². The predicted octanol–water partition coefficient (Wildman–Crippen LogP) is 5.08. The maximum atomic E-state index is 13.9. The van der Waals surface area contributed by atoms with Gasteiger partial charge in [0.1, 0.15) is 5.82 Å². The molecule has 4 aromatic rings. The number of halogens is 1. The minimum Gasteiger partial charge on any atom is -0.333 e. The summed E-state index contributed by atoms with van der Waals surface area (Å²) in [6, 6.07) is 12.3. The third kappa shape index (κ3) is 5.12. The molecule has 6 nitrogen and oxygen atoms in total. The lowest BCUT2D eigenvalue weighted by Gasteiger charge is -2.25. The molecule has 8 heteroatoms. The second kappa shape index (κ2) is 9.80. The number of nitrogens with zero attached hydrogens (tertiary/aromatic N) is 5. The molecule has 1 aromatic carbocycles. The normalized spacial score (nSPS) is 11.6. The topological polar surface area (TPSA) is 54.3 Å². The Kier molecular flexibility index (Phi) is 6.85. The highest BCUT2D eigenvalue weighted by molar-refractivity contribution is 7.13. The molecular formula is C25H28FN5OS. The summed E-state index contributed by atoms with van der Waals surface area (Å²) in [5.41, 5.74) is 2.92. The van der Waals surface area contributed by atoms with Crippen molar-refractivity contribution in [2.75, 3.05) is 27.2 Å². The second-order valence-electron chi connectivity index (χ2n) is 8.61. The van der Waals surface area contributed by atoms with Crippen LogP contribution in [0.5, 0.6) is 0 Å². The number of amides is 1. The van der Waals surface area contributed by atoms with Crippen LogP contribution in [0.25, 0.3) is 21.6 Å². The molecule has 0 fully saturated rings. The van der Waals surface area contributed by atoms with Crippen molar-refractivity contribution in [3.05, 3.63) is 71.0 Å². The number of fused-ring (bicyclic) bond motifs is 1. The van der Waals surface area contributed by atoms with Crippen molar-refractivity contribution < 1.29 is 9.18 Å². The molecule has 33 heavy (non-hydrogen) atoms. The van der Waals surface area contributed by atoms with Crippen molar-refractivity contribution in [3.63, 3.8) is 0 Å². The Hall–Kier alpha value is -3.10. The Morgan fingerprint density at radius 2 is 1.91 bits per heavy atom. The Morgan fingerprint density at radius 3 is 2.55 bits per heavy atom. The minimum absolute atomic E-state index is 0.0883. The lowest BCUT2D eigenvalue weighted by Crippen LogP contribution is -2.36. The number of aromatic nitrogens is 3. The van der Waals surface area contributed by atoms with Gasteiger partial charge in [-0.2, -0.15) is 5.10 Å². The number of carbonyl (C=O) groups excluding carboxylic acids is 1. The summed E-state index contributed by atoms with van der Waals surface area (Å²) in [7, 11) is 3.96. The van der Waals surface area contributed by atoms with E-state index in [0.29, 0.717) is 30.8 Å². The SMILES string of the molecule is CC(C)n1ncc2c(C(=O)N(CCN(C)C)Cc3ccc(F)cc3)cc(-c3cccs3)nc21. The molecule has 0 aliphatic heterocycles. The summed E-state index contributed by atoms with van der Waals surface area (Å²) in [4.78, 5) is 23.6. The molecule has 3 aromatic heterocycles. The molecule has 4 rings (SSSR count). The van der Waals surface area contributed by atoms with Gasteiger partial charge >= 0.3 is 0 Å². The van der Waals surface area contributed by atoms with Gasteiger partial charge in [0.05, 0.1) is 27.7 Å². The van der Waals surface area contributed by atoms with Gasteiger partial charge < -0.3 is 9.80 Å². The highest BCUT2D eigenvalue weighted by atomic mass is 32.1.